The number of aromatic amines is 2. The largest absolute Gasteiger partial charge is 0.376 e. The topological polar surface area (TPSA) is 69.9 Å². The Morgan fingerprint density at radius 1 is 1.33 bits per heavy atom. The Bertz CT molecular complexity index is 640. The summed E-state index contributed by atoms with van der Waals surface area (Å²) in [5.41, 5.74) is 2.73. The monoisotopic (exact) mass is 289 g/mol. The molecule has 0 amide bonds. The van der Waals surface area contributed by atoms with E-state index < -0.39 is 0 Å². The van der Waals surface area contributed by atoms with Gasteiger partial charge in [-0.15, -0.1) is 0 Å². The van der Waals surface area contributed by atoms with Gasteiger partial charge in [-0.2, -0.15) is 0 Å². The summed E-state index contributed by atoms with van der Waals surface area (Å²) in [6.45, 7) is 3.98. The van der Waals surface area contributed by atoms with Crippen molar-refractivity contribution in [3.8, 4) is 0 Å². The highest BCUT2D eigenvalue weighted by molar-refractivity contribution is 5.75. The van der Waals surface area contributed by atoms with Crippen LogP contribution in [0.15, 0.2) is 23.0 Å². The van der Waals surface area contributed by atoms with Crippen molar-refractivity contribution in [3.05, 3.63) is 34.2 Å². The van der Waals surface area contributed by atoms with Crippen molar-refractivity contribution >= 4 is 11.0 Å². The molecule has 21 heavy (non-hydrogen) atoms. The van der Waals surface area contributed by atoms with Crippen LogP contribution in [0, 0.1) is 0 Å². The van der Waals surface area contributed by atoms with Crippen LogP contribution < -0.4 is 11.0 Å². The molecule has 3 rings (SSSR count). The molecule has 0 radical (unpaired) electrons. The van der Waals surface area contributed by atoms with Gasteiger partial charge in [-0.3, -0.25) is 0 Å². The molecule has 0 spiro atoms. The Hall–Kier alpha value is -1.59. The quantitative estimate of drug-likeness (QED) is 0.792. The Morgan fingerprint density at radius 3 is 2.95 bits per heavy atom. The van der Waals surface area contributed by atoms with E-state index in [0.29, 0.717) is 0 Å². The van der Waals surface area contributed by atoms with Crippen molar-refractivity contribution in [1.82, 2.24) is 15.3 Å². The second-order valence-electron chi connectivity index (χ2n) is 5.72. The lowest BCUT2D eigenvalue weighted by Gasteiger charge is -2.31. The molecule has 2 heterocycles. The number of ether oxygens (including phenoxy) is 1. The van der Waals surface area contributed by atoms with Gasteiger partial charge in [0.2, 0.25) is 0 Å². The third-order valence-electron chi connectivity index (χ3n) is 4.10. The van der Waals surface area contributed by atoms with E-state index in [0.717, 1.165) is 43.4 Å². The van der Waals surface area contributed by atoms with Gasteiger partial charge in [-0.05, 0) is 49.9 Å². The lowest BCUT2D eigenvalue weighted by Crippen LogP contribution is -2.36. The summed E-state index contributed by atoms with van der Waals surface area (Å²) in [5, 5.41) is 3.60. The Kier molecular flexibility index (Phi) is 4.41. The van der Waals surface area contributed by atoms with E-state index in [-0.39, 0.29) is 17.8 Å². The van der Waals surface area contributed by atoms with Crippen LogP contribution in [0.4, 0.5) is 0 Å². The smallest absolute Gasteiger partial charge is 0.323 e. The number of aromatic nitrogens is 2. The number of rotatable bonds is 5. The molecule has 1 aromatic carbocycles. The highest BCUT2D eigenvalue weighted by atomic mass is 16.5. The van der Waals surface area contributed by atoms with Crippen LogP contribution in [0.1, 0.15) is 44.2 Å². The summed E-state index contributed by atoms with van der Waals surface area (Å²) in [4.78, 5) is 17.0. The zero-order chi connectivity index (χ0) is 14.7. The minimum absolute atomic E-state index is 0.158. The lowest BCUT2D eigenvalue weighted by atomic mass is 9.95. The molecule has 0 saturated carbocycles. The number of fused-ring (bicyclic) bond motifs is 1. The van der Waals surface area contributed by atoms with Gasteiger partial charge in [0.25, 0.3) is 0 Å². The van der Waals surface area contributed by atoms with E-state index in [9.17, 15) is 4.79 Å². The van der Waals surface area contributed by atoms with Gasteiger partial charge >= 0.3 is 5.69 Å². The molecule has 114 valence electrons. The Balaban J connectivity index is 1.89. The van der Waals surface area contributed by atoms with Crippen LogP contribution >= 0.6 is 0 Å². The first-order chi connectivity index (χ1) is 10.3. The summed E-state index contributed by atoms with van der Waals surface area (Å²) < 4.78 is 5.97. The van der Waals surface area contributed by atoms with Gasteiger partial charge in [-0.1, -0.05) is 13.0 Å². The second kappa shape index (κ2) is 6.45. The minimum atomic E-state index is -0.158. The number of nitrogens with one attached hydrogen (secondary N) is 3. The SMILES string of the molecule is CCCNC(c1ccc2[nH]c(=O)[nH]c2c1)C1CCCCO1. The normalized spacial score (nSPS) is 20.7. The zero-order valence-corrected chi connectivity index (χ0v) is 12.4. The van der Waals surface area contributed by atoms with Gasteiger partial charge in [0.05, 0.1) is 23.2 Å². The average Bonchev–Trinajstić information content (AvgIpc) is 2.88. The molecule has 5 nitrogen and oxygen atoms in total. The maximum atomic E-state index is 11.4. The van der Waals surface area contributed by atoms with E-state index in [4.69, 9.17) is 4.74 Å². The van der Waals surface area contributed by atoms with E-state index in [1.54, 1.807) is 0 Å². The molecule has 2 aromatic rings. The molecule has 3 N–H and O–H groups in total. The maximum absolute atomic E-state index is 11.4. The highest BCUT2D eigenvalue weighted by Crippen LogP contribution is 2.27. The number of hydrogen-bond donors (Lipinski definition) is 3. The molecule has 2 unspecified atom stereocenters. The lowest BCUT2D eigenvalue weighted by molar-refractivity contribution is -0.00812. The van der Waals surface area contributed by atoms with Crippen LogP contribution in [0.25, 0.3) is 11.0 Å². The van der Waals surface area contributed by atoms with E-state index >= 15 is 0 Å². The van der Waals surface area contributed by atoms with Crippen LogP contribution in [0.5, 0.6) is 0 Å². The van der Waals surface area contributed by atoms with Crippen LogP contribution in [-0.4, -0.2) is 29.2 Å². The fourth-order valence-electron chi connectivity index (χ4n) is 3.04. The Morgan fingerprint density at radius 2 is 2.19 bits per heavy atom. The van der Waals surface area contributed by atoms with Crippen LogP contribution in [0.3, 0.4) is 0 Å². The van der Waals surface area contributed by atoms with Crippen LogP contribution in [-0.2, 0) is 4.74 Å². The fraction of sp³-hybridized carbons (Fsp3) is 0.562. The van der Waals surface area contributed by atoms with Gasteiger partial charge < -0.3 is 20.0 Å². The Labute approximate surface area is 124 Å². The second-order valence-corrected chi connectivity index (χ2v) is 5.72. The van der Waals surface area contributed by atoms with Crippen molar-refractivity contribution in [1.29, 1.82) is 0 Å². The predicted molar refractivity (Wildman–Crippen MR) is 83.5 cm³/mol. The highest BCUT2D eigenvalue weighted by Gasteiger charge is 2.25. The predicted octanol–water partition coefficient (Wildman–Crippen LogP) is 2.47. The van der Waals surface area contributed by atoms with Crippen LogP contribution in [0.2, 0.25) is 0 Å². The van der Waals surface area contributed by atoms with Crippen molar-refractivity contribution in [2.24, 2.45) is 0 Å². The molecular formula is C16H23N3O2. The third-order valence-corrected chi connectivity index (χ3v) is 4.10. The first-order valence-corrected chi connectivity index (χ1v) is 7.85. The van der Waals surface area contributed by atoms with E-state index in [2.05, 4.69) is 34.3 Å². The summed E-state index contributed by atoms with van der Waals surface area (Å²) in [5.74, 6) is 0. The van der Waals surface area contributed by atoms with Crippen molar-refractivity contribution in [3.63, 3.8) is 0 Å². The molecule has 1 aromatic heterocycles. The minimum Gasteiger partial charge on any atom is -0.376 e. The first-order valence-electron chi connectivity index (χ1n) is 7.85. The van der Waals surface area contributed by atoms with Gasteiger partial charge in [0, 0.05) is 6.61 Å². The number of imidazole rings is 1. The molecular weight excluding hydrogens is 266 g/mol. The summed E-state index contributed by atoms with van der Waals surface area (Å²) in [6.07, 6.45) is 4.77. The zero-order valence-electron chi connectivity index (χ0n) is 12.4. The molecule has 1 aliphatic heterocycles. The summed E-state index contributed by atoms with van der Waals surface area (Å²) in [6, 6.07) is 6.29. The van der Waals surface area contributed by atoms with Crippen molar-refractivity contribution in [2.75, 3.05) is 13.2 Å². The van der Waals surface area contributed by atoms with Gasteiger partial charge in [0.1, 0.15) is 0 Å². The third kappa shape index (κ3) is 3.19. The standard InChI is InChI=1S/C16H23N3O2/c1-2-8-17-15(14-5-3-4-9-21-14)11-6-7-12-13(10-11)19-16(20)18-12/h6-7,10,14-15,17H,2-5,8-9H2,1H3,(H2,18,19,20). The number of benzene rings is 1. The molecule has 1 aliphatic rings. The molecule has 2 atom stereocenters. The van der Waals surface area contributed by atoms with E-state index in [1.165, 1.54) is 12.0 Å². The molecule has 1 saturated heterocycles. The fourth-order valence-corrected chi connectivity index (χ4v) is 3.04. The van der Waals surface area contributed by atoms with Crippen molar-refractivity contribution < 1.29 is 4.74 Å². The number of H-pyrrole nitrogens is 2. The van der Waals surface area contributed by atoms with Crippen molar-refractivity contribution in [2.45, 2.75) is 44.8 Å². The molecule has 5 heteroatoms. The first kappa shape index (κ1) is 14.4. The van der Waals surface area contributed by atoms with E-state index in [1.807, 2.05) is 6.07 Å². The van der Waals surface area contributed by atoms with Gasteiger partial charge in [0.15, 0.2) is 0 Å². The summed E-state index contributed by atoms with van der Waals surface area (Å²) in [7, 11) is 0. The summed E-state index contributed by atoms with van der Waals surface area (Å²) >= 11 is 0. The molecule has 0 bridgehead atoms. The average molecular weight is 289 g/mol. The van der Waals surface area contributed by atoms with Gasteiger partial charge in [-0.25, -0.2) is 4.79 Å². The maximum Gasteiger partial charge on any atom is 0.323 e. The number of hydrogen-bond acceptors (Lipinski definition) is 3. The molecule has 0 aliphatic carbocycles. The molecule has 1 fully saturated rings.